The van der Waals surface area contributed by atoms with Crippen LogP contribution in [0.2, 0.25) is 0 Å². The van der Waals surface area contributed by atoms with Crippen LogP contribution in [-0.4, -0.2) is 42.5 Å². The number of carbonyl (C=O) groups excluding carboxylic acids is 1. The Morgan fingerprint density at radius 2 is 2.04 bits per heavy atom. The molecule has 1 aliphatic rings. The molecule has 26 heavy (non-hydrogen) atoms. The summed E-state index contributed by atoms with van der Waals surface area (Å²) in [5.41, 5.74) is 1.66. The molecule has 0 saturated carbocycles. The number of piperidine rings is 1. The van der Waals surface area contributed by atoms with Gasteiger partial charge in [-0.1, -0.05) is 18.2 Å². The Hall–Kier alpha value is -1.42. The van der Waals surface area contributed by atoms with Crippen molar-refractivity contribution < 1.29 is 13.2 Å². The maximum Gasteiger partial charge on any atom is 0.242 e. The number of aryl methyl sites for hydroxylation is 1. The zero-order valence-corrected chi connectivity index (χ0v) is 17.1. The Balaban J connectivity index is 1.65. The number of nitrogens with zero attached hydrogens (tertiary/aromatic N) is 2. The Morgan fingerprint density at radius 3 is 2.65 bits per heavy atom. The molecule has 140 valence electrons. The lowest BCUT2D eigenvalue weighted by Crippen LogP contribution is -2.49. The van der Waals surface area contributed by atoms with Crippen LogP contribution in [0.5, 0.6) is 0 Å². The molecule has 1 aromatic heterocycles. The number of benzene rings is 1. The molecular weight excluding hydrogens is 390 g/mol. The number of hydrogen-bond acceptors (Lipinski definition) is 6. The number of amides is 1. The summed E-state index contributed by atoms with van der Waals surface area (Å²) in [4.78, 5) is 18.0. The molecular formula is C17H21N3O3S3. The summed E-state index contributed by atoms with van der Waals surface area (Å²) in [6, 6.07) is 6.87. The van der Waals surface area contributed by atoms with Crippen LogP contribution in [0.4, 0.5) is 5.69 Å². The zero-order valence-electron chi connectivity index (χ0n) is 14.6. The third-order valence-electron chi connectivity index (χ3n) is 4.11. The van der Waals surface area contributed by atoms with Crippen LogP contribution in [-0.2, 0) is 14.8 Å². The summed E-state index contributed by atoms with van der Waals surface area (Å²) in [5, 5.41) is 4.85. The van der Waals surface area contributed by atoms with E-state index < -0.39 is 16.1 Å². The fourth-order valence-corrected chi connectivity index (χ4v) is 5.81. The lowest BCUT2D eigenvalue weighted by atomic mass is 10.0. The average molecular weight is 412 g/mol. The highest BCUT2D eigenvalue weighted by Gasteiger charge is 2.34. The first-order chi connectivity index (χ1) is 12.3. The van der Waals surface area contributed by atoms with Crippen LogP contribution >= 0.6 is 23.1 Å². The summed E-state index contributed by atoms with van der Waals surface area (Å²) in [5.74, 6) is -0.272. The van der Waals surface area contributed by atoms with Gasteiger partial charge in [0.15, 0.2) is 4.34 Å². The second-order valence-corrected chi connectivity index (χ2v) is 10.4. The molecule has 2 heterocycles. The second-order valence-electron chi connectivity index (χ2n) is 6.26. The van der Waals surface area contributed by atoms with E-state index in [1.807, 2.05) is 36.6 Å². The number of aromatic nitrogens is 1. The highest BCUT2D eigenvalue weighted by atomic mass is 32.2. The van der Waals surface area contributed by atoms with E-state index in [2.05, 4.69) is 10.3 Å². The van der Waals surface area contributed by atoms with Gasteiger partial charge in [0.2, 0.25) is 15.9 Å². The van der Waals surface area contributed by atoms with Crippen LogP contribution < -0.4 is 5.32 Å². The molecule has 0 radical (unpaired) electrons. The van der Waals surface area contributed by atoms with Gasteiger partial charge >= 0.3 is 0 Å². The molecule has 1 saturated heterocycles. The van der Waals surface area contributed by atoms with E-state index in [4.69, 9.17) is 0 Å². The van der Waals surface area contributed by atoms with Crippen molar-refractivity contribution in [3.05, 3.63) is 35.3 Å². The monoisotopic (exact) mass is 411 g/mol. The minimum Gasteiger partial charge on any atom is -0.325 e. The van der Waals surface area contributed by atoms with Crippen molar-refractivity contribution in [2.45, 2.75) is 41.5 Å². The lowest BCUT2D eigenvalue weighted by Gasteiger charge is -2.32. The summed E-state index contributed by atoms with van der Waals surface area (Å²) in [6.45, 7) is 2.37. The molecule has 1 fully saturated rings. The fourth-order valence-electron chi connectivity index (χ4n) is 2.88. The number of hydrogen-bond donors (Lipinski definition) is 1. The van der Waals surface area contributed by atoms with Gasteiger partial charge in [0.05, 0.1) is 6.26 Å². The van der Waals surface area contributed by atoms with Gasteiger partial charge in [-0.2, -0.15) is 4.31 Å². The molecule has 1 unspecified atom stereocenters. The first-order valence-electron chi connectivity index (χ1n) is 8.30. The maximum absolute atomic E-state index is 12.6. The van der Waals surface area contributed by atoms with Crippen molar-refractivity contribution in [2.24, 2.45) is 0 Å². The van der Waals surface area contributed by atoms with Crippen LogP contribution in [0.3, 0.4) is 0 Å². The van der Waals surface area contributed by atoms with E-state index in [0.29, 0.717) is 18.7 Å². The first kappa shape index (κ1) is 19.3. The smallest absolute Gasteiger partial charge is 0.242 e. The molecule has 2 aromatic rings. The van der Waals surface area contributed by atoms with Crippen LogP contribution in [0.15, 0.2) is 38.9 Å². The minimum absolute atomic E-state index is 0.272. The van der Waals surface area contributed by atoms with Crippen molar-refractivity contribution in [1.29, 1.82) is 0 Å². The molecule has 0 spiro atoms. The fraction of sp³-hybridized carbons (Fsp3) is 0.412. The Bertz CT molecular complexity index is 878. The first-order valence-corrected chi connectivity index (χ1v) is 11.8. The third kappa shape index (κ3) is 4.85. The van der Waals surface area contributed by atoms with Crippen LogP contribution in [0, 0.1) is 6.92 Å². The lowest BCUT2D eigenvalue weighted by molar-refractivity contribution is -0.120. The predicted molar refractivity (Wildman–Crippen MR) is 105 cm³/mol. The summed E-state index contributed by atoms with van der Waals surface area (Å²) in [6.07, 6.45) is 3.35. The quantitative estimate of drug-likeness (QED) is 0.816. The van der Waals surface area contributed by atoms with Crippen LogP contribution in [0.1, 0.15) is 25.0 Å². The van der Waals surface area contributed by atoms with E-state index in [1.165, 1.54) is 4.31 Å². The summed E-state index contributed by atoms with van der Waals surface area (Å²) >= 11 is 3.18. The molecule has 0 bridgehead atoms. The third-order valence-corrected chi connectivity index (χ3v) is 7.46. The van der Waals surface area contributed by atoms with Crippen molar-refractivity contribution in [2.75, 3.05) is 18.1 Å². The largest absolute Gasteiger partial charge is 0.325 e. The molecule has 1 aromatic carbocycles. The van der Waals surface area contributed by atoms with Crippen molar-refractivity contribution >= 4 is 44.7 Å². The highest BCUT2D eigenvalue weighted by Crippen LogP contribution is 2.31. The molecule has 1 N–H and O–H groups in total. The molecule has 1 atom stereocenters. The van der Waals surface area contributed by atoms with E-state index in [-0.39, 0.29) is 5.91 Å². The molecule has 6 nitrogen and oxygen atoms in total. The number of nitrogens with one attached hydrogen (secondary N) is 1. The van der Waals surface area contributed by atoms with E-state index in [0.717, 1.165) is 34.0 Å². The van der Waals surface area contributed by atoms with Gasteiger partial charge in [0.1, 0.15) is 6.04 Å². The number of sulfonamides is 1. The van der Waals surface area contributed by atoms with Crippen molar-refractivity contribution in [3.8, 4) is 0 Å². The summed E-state index contributed by atoms with van der Waals surface area (Å²) < 4.78 is 26.1. The topological polar surface area (TPSA) is 79.4 Å². The van der Waals surface area contributed by atoms with Crippen molar-refractivity contribution in [3.63, 3.8) is 0 Å². The number of rotatable bonds is 5. The van der Waals surface area contributed by atoms with Gasteiger partial charge in [0, 0.05) is 28.2 Å². The standard InChI is InChI=1S/C17H21N3O3S3/c1-12-11-24-17(18-12)25-14-8-6-13(7-9-14)19-16(21)15-5-3-4-10-20(15)26(2,22)23/h6-9,11,15H,3-5,10H2,1-2H3,(H,19,21). The molecule has 1 aliphatic heterocycles. The molecule has 3 rings (SSSR count). The van der Waals surface area contributed by atoms with Crippen LogP contribution in [0.25, 0.3) is 0 Å². The van der Waals surface area contributed by atoms with Gasteiger partial charge < -0.3 is 5.32 Å². The van der Waals surface area contributed by atoms with E-state index in [1.54, 1.807) is 23.1 Å². The molecule has 1 amide bonds. The second kappa shape index (κ2) is 8.08. The van der Waals surface area contributed by atoms with Crippen molar-refractivity contribution in [1.82, 2.24) is 9.29 Å². The predicted octanol–water partition coefficient (Wildman–Crippen LogP) is 3.36. The Kier molecular flexibility index (Phi) is 6.01. The zero-order chi connectivity index (χ0) is 18.7. The Morgan fingerprint density at radius 1 is 1.31 bits per heavy atom. The average Bonchev–Trinajstić information content (AvgIpc) is 3.01. The van der Waals surface area contributed by atoms with Gasteiger partial charge in [0.25, 0.3) is 0 Å². The molecule has 0 aliphatic carbocycles. The summed E-state index contributed by atoms with van der Waals surface area (Å²) in [7, 11) is -3.39. The number of thiazole rings is 1. The normalized spacial score (nSPS) is 18.6. The maximum atomic E-state index is 12.6. The highest BCUT2D eigenvalue weighted by molar-refractivity contribution is 8.01. The van der Waals surface area contributed by atoms with Gasteiger partial charge in [-0.3, -0.25) is 4.79 Å². The van der Waals surface area contributed by atoms with E-state index >= 15 is 0 Å². The SMILES string of the molecule is Cc1csc(Sc2ccc(NC(=O)C3CCCCN3S(C)(=O)=O)cc2)n1. The Labute approximate surface area is 162 Å². The van der Waals surface area contributed by atoms with Gasteiger partial charge in [-0.25, -0.2) is 13.4 Å². The van der Waals surface area contributed by atoms with Gasteiger partial charge in [-0.15, -0.1) is 11.3 Å². The number of carbonyl (C=O) groups is 1. The van der Waals surface area contributed by atoms with E-state index in [9.17, 15) is 13.2 Å². The number of anilines is 1. The minimum atomic E-state index is -3.39. The molecule has 9 heteroatoms. The van der Waals surface area contributed by atoms with Gasteiger partial charge in [-0.05, 0) is 44.0 Å².